The Labute approximate surface area is 109 Å². The van der Waals surface area contributed by atoms with Gasteiger partial charge in [-0.2, -0.15) is 0 Å². The van der Waals surface area contributed by atoms with Gasteiger partial charge in [-0.15, -0.1) is 0 Å². The van der Waals surface area contributed by atoms with Crippen molar-refractivity contribution < 1.29 is 0 Å². The minimum Gasteiger partial charge on any atom is -0.397 e. The van der Waals surface area contributed by atoms with E-state index >= 15 is 0 Å². The lowest BCUT2D eigenvalue weighted by atomic mass is 10.1. The molecule has 2 N–H and O–H groups in total. The summed E-state index contributed by atoms with van der Waals surface area (Å²) in [5.74, 6) is 1.11. The van der Waals surface area contributed by atoms with E-state index in [0.717, 1.165) is 30.6 Å². The summed E-state index contributed by atoms with van der Waals surface area (Å²) in [4.78, 5) is 9.64. The Morgan fingerprint density at radius 2 is 2.22 bits per heavy atom. The second-order valence-electron chi connectivity index (χ2n) is 5.70. The van der Waals surface area contributed by atoms with E-state index in [-0.39, 0.29) is 0 Å². The number of anilines is 2. The molecule has 0 aliphatic carbocycles. The molecular weight excluding hydrogens is 224 g/mol. The van der Waals surface area contributed by atoms with E-state index in [2.05, 4.69) is 28.6 Å². The lowest BCUT2D eigenvalue weighted by Gasteiger charge is -2.43. The molecule has 0 saturated carbocycles. The first kappa shape index (κ1) is 11.8. The largest absolute Gasteiger partial charge is 0.397 e. The third-order valence-electron chi connectivity index (χ3n) is 4.28. The van der Waals surface area contributed by atoms with E-state index in [4.69, 9.17) is 5.73 Å². The second-order valence-corrected chi connectivity index (χ2v) is 5.70. The average Bonchev–Trinajstić information content (AvgIpc) is 2.75. The van der Waals surface area contributed by atoms with Crippen molar-refractivity contribution in [3.8, 4) is 0 Å². The fourth-order valence-corrected chi connectivity index (χ4v) is 3.37. The van der Waals surface area contributed by atoms with E-state index in [9.17, 15) is 0 Å². The van der Waals surface area contributed by atoms with Crippen LogP contribution in [0.5, 0.6) is 0 Å². The quantitative estimate of drug-likeness (QED) is 0.818. The molecule has 2 aliphatic heterocycles. The number of rotatable bonds is 1. The minimum absolute atomic E-state index is 0.536. The third kappa shape index (κ3) is 1.94. The van der Waals surface area contributed by atoms with Crippen LogP contribution in [0, 0.1) is 6.92 Å². The van der Waals surface area contributed by atoms with Crippen molar-refractivity contribution >= 4 is 11.5 Å². The smallest absolute Gasteiger partial charge is 0.131 e. The van der Waals surface area contributed by atoms with Crippen molar-refractivity contribution in [2.45, 2.75) is 38.8 Å². The third-order valence-corrected chi connectivity index (χ3v) is 4.28. The van der Waals surface area contributed by atoms with Crippen LogP contribution in [0.2, 0.25) is 0 Å². The van der Waals surface area contributed by atoms with E-state index in [1.807, 2.05) is 6.07 Å². The fourth-order valence-electron chi connectivity index (χ4n) is 3.37. The van der Waals surface area contributed by atoms with Crippen molar-refractivity contribution in [1.29, 1.82) is 0 Å². The van der Waals surface area contributed by atoms with Gasteiger partial charge in [0.2, 0.25) is 0 Å². The maximum Gasteiger partial charge on any atom is 0.131 e. The molecule has 18 heavy (non-hydrogen) atoms. The predicted octanol–water partition coefficient (Wildman–Crippen LogP) is 1.65. The van der Waals surface area contributed by atoms with Crippen LogP contribution in [0.1, 0.15) is 25.3 Å². The zero-order chi connectivity index (χ0) is 12.7. The molecule has 98 valence electrons. The monoisotopic (exact) mass is 246 g/mol. The van der Waals surface area contributed by atoms with Crippen LogP contribution in [-0.4, -0.2) is 41.6 Å². The van der Waals surface area contributed by atoms with Gasteiger partial charge < -0.3 is 10.6 Å². The highest BCUT2D eigenvalue weighted by atomic mass is 15.3. The summed E-state index contributed by atoms with van der Waals surface area (Å²) in [5, 5.41) is 0. The molecule has 0 spiro atoms. The average molecular weight is 246 g/mol. The van der Waals surface area contributed by atoms with E-state index < -0.39 is 0 Å². The van der Waals surface area contributed by atoms with Gasteiger partial charge in [0.25, 0.3) is 0 Å². The number of hydrogen-bond donors (Lipinski definition) is 1. The van der Waals surface area contributed by atoms with Crippen LogP contribution in [0.4, 0.5) is 11.5 Å². The van der Waals surface area contributed by atoms with Crippen LogP contribution in [0.3, 0.4) is 0 Å². The van der Waals surface area contributed by atoms with Crippen molar-refractivity contribution in [2.75, 3.05) is 30.3 Å². The summed E-state index contributed by atoms with van der Waals surface area (Å²) in [5.41, 5.74) is 7.73. The first-order valence-corrected chi connectivity index (χ1v) is 6.88. The van der Waals surface area contributed by atoms with Gasteiger partial charge in [0, 0.05) is 25.2 Å². The van der Waals surface area contributed by atoms with Gasteiger partial charge in [-0.05, 0) is 44.9 Å². The Balaban J connectivity index is 1.86. The highest BCUT2D eigenvalue weighted by molar-refractivity contribution is 5.53. The summed E-state index contributed by atoms with van der Waals surface area (Å²) >= 11 is 0. The zero-order valence-corrected chi connectivity index (χ0v) is 11.3. The lowest BCUT2D eigenvalue weighted by molar-refractivity contribution is 0.202. The summed E-state index contributed by atoms with van der Waals surface area (Å²) < 4.78 is 0. The molecule has 4 nitrogen and oxygen atoms in total. The SMILES string of the molecule is Cc1cc(N)cnc1N1CC2CCCN2CC1C. The normalized spacial score (nSPS) is 28.4. The molecule has 0 radical (unpaired) electrons. The number of aromatic nitrogens is 1. The number of fused-ring (bicyclic) bond motifs is 1. The molecule has 3 heterocycles. The number of aryl methyl sites for hydroxylation is 1. The summed E-state index contributed by atoms with van der Waals surface area (Å²) in [7, 11) is 0. The topological polar surface area (TPSA) is 45.4 Å². The predicted molar refractivity (Wildman–Crippen MR) is 74.8 cm³/mol. The van der Waals surface area contributed by atoms with Crippen molar-refractivity contribution in [1.82, 2.24) is 9.88 Å². The molecule has 1 aromatic heterocycles. The fraction of sp³-hybridized carbons (Fsp3) is 0.643. The Hall–Kier alpha value is -1.29. The van der Waals surface area contributed by atoms with Crippen molar-refractivity contribution in [3.63, 3.8) is 0 Å². The van der Waals surface area contributed by atoms with Gasteiger partial charge in [0.1, 0.15) is 5.82 Å². The van der Waals surface area contributed by atoms with E-state index in [1.54, 1.807) is 6.20 Å². The maximum absolute atomic E-state index is 5.79. The number of hydrogen-bond acceptors (Lipinski definition) is 4. The van der Waals surface area contributed by atoms with E-state index in [1.165, 1.54) is 24.9 Å². The van der Waals surface area contributed by atoms with Crippen LogP contribution < -0.4 is 10.6 Å². The molecule has 4 heteroatoms. The lowest BCUT2D eigenvalue weighted by Crippen LogP contribution is -2.55. The van der Waals surface area contributed by atoms with Gasteiger partial charge in [-0.3, -0.25) is 4.90 Å². The minimum atomic E-state index is 0.536. The Morgan fingerprint density at radius 3 is 3.00 bits per heavy atom. The highest BCUT2D eigenvalue weighted by Crippen LogP contribution is 2.29. The van der Waals surface area contributed by atoms with Crippen molar-refractivity contribution in [2.24, 2.45) is 0 Å². The first-order chi connectivity index (χ1) is 8.65. The molecule has 2 atom stereocenters. The van der Waals surface area contributed by atoms with Crippen LogP contribution in [0.15, 0.2) is 12.3 Å². The first-order valence-electron chi connectivity index (χ1n) is 6.88. The van der Waals surface area contributed by atoms with Gasteiger partial charge in [-0.1, -0.05) is 0 Å². The molecule has 1 aromatic rings. The van der Waals surface area contributed by atoms with Crippen LogP contribution in [0.25, 0.3) is 0 Å². The van der Waals surface area contributed by atoms with E-state index in [0.29, 0.717) is 6.04 Å². The molecule has 2 aliphatic rings. The van der Waals surface area contributed by atoms with Gasteiger partial charge in [0.15, 0.2) is 0 Å². The maximum atomic E-state index is 5.79. The Kier molecular flexibility index (Phi) is 2.90. The second kappa shape index (κ2) is 4.43. The molecule has 2 fully saturated rings. The van der Waals surface area contributed by atoms with Crippen molar-refractivity contribution in [3.05, 3.63) is 17.8 Å². The summed E-state index contributed by atoms with van der Waals surface area (Å²) in [6.45, 7) is 7.95. The molecule has 2 saturated heterocycles. The Bertz CT molecular complexity index is 445. The molecule has 0 amide bonds. The van der Waals surface area contributed by atoms with Gasteiger partial charge >= 0.3 is 0 Å². The summed E-state index contributed by atoms with van der Waals surface area (Å²) in [6.07, 6.45) is 4.45. The van der Waals surface area contributed by atoms with Gasteiger partial charge in [-0.25, -0.2) is 4.98 Å². The molecule has 0 bridgehead atoms. The summed E-state index contributed by atoms with van der Waals surface area (Å²) in [6, 6.07) is 3.28. The molecule has 0 aromatic carbocycles. The molecular formula is C14H22N4. The number of nitrogen functional groups attached to an aromatic ring is 1. The number of nitrogens with zero attached hydrogens (tertiary/aromatic N) is 3. The Morgan fingerprint density at radius 1 is 1.39 bits per heavy atom. The standard InChI is InChI=1S/C14H22N4/c1-10-6-12(15)7-16-14(10)18-9-13-4-3-5-17(13)8-11(18)2/h6-7,11,13H,3-5,8-9,15H2,1-2H3. The molecule has 3 rings (SSSR count). The van der Waals surface area contributed by atoms with Crippen LogP contribution in [-0.2, 0) is 0 Å². The van der Waals surface area contributed by atoms with Crippen LogP contribution >= 0.6 is 0 Å². The number of piperazine rings is 1. The highest BCUT2D eigenvalue weighted by Gasteiger charge is 2.35. The van der Waals surface area contributed by atoms with Gasteiger partial charge in [0.05, 0.1) is 11.9 Å². The number of pyridine rings is 1. The molecule has 2 unspecified atom stereocenters. The zero-order valence-electron chi connectivity index (χ0n) is 11.3. The number of nitrogens with two attached hydrogens (primary N) is 1.